The van der Waals surface area contributed by atoms with Crippen LogP contribution in [0, 0.1) is 5.82 Å². The molecular formula is C15H16FN3OS. The van der Waals surface area contributed by atoms with Gasteiger partial charge in [-0.25, -0.2) is 9.37 Å². The molecule has 1 atom stereocenters. The molecule has 2 aromatic rings. The molecular weight excluding hydrogens is 289 g/mol. The highest BCUT2D eigenvalue weighted by atomic mass is 32.1. The lowest BCUT2D eigenvalue weighted by atomic mass is 10.1. The van der Waals surface area contributed by atoms with Gasteiger partial charge in [0.25, 0.3) is 0 Å². The zero-order valence-corrected chi connectivity index (χ0v) is 12.3. The number of amides is 1. The quantitative estimate of drug-likeness (QED) is 0.913. The van der Waals surface area contributed by atoms with Crippen molar-refractivity contribution in [2.75, 3.05) is 11.9 Å². The third-order valence-electron chi connectivity index (χ3n) is 3.45. The summed E-state index contributed by atoms with van der Waals surface area (Å²) in [6, 6.07) is 6.32. The minimum Gasteiger partial charge on any atom is -0.306 e. The van der Waals surface area contributed by atoms with Gasteiger partial charge in [0.2, 0.25) is 5.91 Å². The van der Waals surface area contributed by atoms with Crippen molar-refractivity contribution in [1.29, 1.82) is 0 Å². The average Bonchev–Trinajstić information content (AvgIpc) is 3.13. The fraction of sp³-hybridized carbons (Fsp3) is 0.333. The second-order valence-corrected chi connectivity index (χ2v) is 6.19. The van der Waals surface area contributed by atoms with Gasteiger partial charge in [-0.2, -0.15) is 0 Å². The molecule has 1 amide bonds. The largest absolute Gasteiger partial charge is 0.306 e. The van der Waals surface area contributed by atoms with Crippen LogP contribution in [-0.4, -0.2) is 23.5 Å². The molecule has 1 fully saturated rings. The molecule has 0 bridgehead atoms. The van der Waals surface area contributed by atoms with Gasteiger partial charge in [0.15, 0.2) is 5.13 Å². The van der Waals surface area contributed by atoms with Crippen molar-refractivity contribution in [3.63, 3.8) is 0 Å². The molecule has 1 aromatic heterocycles. The molecule has 1 aliphatic heterocycles. The number of hydrogen-bond acceptors (Lipinski definition) is 4. The van der Waals surface area contributed by atoms with E-state index in [1.807, 2.05) is 0 Å². The van der Waals surface area contributed by atoms with Gasteiger partial charge in [0, 0.05) is 17.5 Å². The first-order valence-corrected chi connectivity index (χ1v) is 7.76. The molecule has 0 spiro atoms. The van der Waals surface area contributed by atoms with Gasteiger partial charge < -0.3 is 10.6 Å². The van der Waals surface area contributed by atoms with Crippen LogP contribution in [0.5, 0.6) is 0 Å². The zero-order valence-electron chi connectivity index (χ0n) is 11.4. The highest BCUT2D eigenvalue weighted by Gasteiger charge is 2.22. The van der Waals surface area contributed by atoms with Crippen LogP contribution in [0.3, 0.4) is 0 Å². The molecule has 1 unspecified atom stereocenters. The molecule has 6 heteroatoms. The fourth-order valence-electron chi connectivity index (χ4n) is 2.35. The summed E-state index contributed by atoms with van der Waals surface area (Å²) in [5, 5.41) is 6.62. The van der Waals surface area contributed by atoms with E-state index in [0.29, 0.717) is 11.6 Å². The van der Waals surface area contributed by atoms with Crippen LogP contribution in [0.1, 0.15) is 23.3 Å². The minimum atomic E-state index is -0.236. The second-order valence-electron chi connectivity index (χ2n) is 5.07. The lowest BCUT2D eigenvalue weighted by Gasteiger charge is -2.08. The smallest absolute Gasteiger partial charge is 0.243 e. The van der Waals surface area contributed by atoms with Gasteiger partial charge in [-0.1, -0.05) is 12.1 Å². The molecule has 1 aromatic carbocycles. The van der Waals surface area contributed by atoms with E-state index in [0.717, 1.165) is 29.8 Å². The van der Waals surface area contributed by atoms with Crippen LogP contribution in [0.15, 0.2) is 30.5 Å². The SMILES string of the molecule is O=C(Nc1ncc(Cc2ccc(F)cc2)s1)C1CCCN1. The molecule has 2 heterocycles. The Morgan fingerprint density at radius 3 is 2.95 bits per heavy atom. The van der Waals surface area contributed by atoms with Gasteiger partial charge in [-0.05, 0) is 37.1 Å². The van der Waals surface area contributed by atoms with E-state index in [1.54, 1.807) is 18.3 Å². The van der Waals surface area contributed by atoms with Crippen molar-refractivity contribution in [3.8, 4) is 0 Å². The molecule has 3 rings (SSSR count). The number of aromatic nitrogens is 1. The highest BCUT2D eigenvalue weighted by molar-refractivity contribution is 7.15. The molecule has 0 radical (unpaired) electrons. The van der Waals surface area contributed by atoms with Crippen molar-refractivity contribution in [1.82, 2.24) is 10.3 Å². The standard InChI is InChI=1S/C15H16FN3OS/c16-11-5-3-10(4-6-11)8-12-9-18-15(21-12)19-14(20)13-2-1-7-17-13/h3-6,9,13,17H,1-2,7-8H2,(H,18,19,20). The van der Waals surface area contributed by atoms with E-state index < -0.39 is 0 Å². The van der Waals surface area contributed by atoms with Crippen molar-refractivity contribution in [2.24, 2.45) is 0 Å². The number of hydrogen-bond donors (Lipinski definition) is 2. The first-order chi connectivity index (χ1) is 10.2. The van der Waals surface area contributed by atoms with Gasteiger partial charge >= 0.3 is 0 Å². The maximum absolute atomic E-state index is 12.9. The van der Waals surface area contributed by atoms with E-state index in [9.17, 15) is 9.18 Å². The molecule has 0 saturated carbocycles. The van der Waals surface area contributed by atoms with Gasteiger partial charge in [-0.15, -0.1) is 11.3 Å². The number of carbonyl (C=O) groups excluding carboxylic acids is 1. The van der Waals surface area contributed by atoms with E-state index >= 15 is 0 Å². The summed E-state index contributed by atoms with van der Waals surface area (Å²) >= 11 is 1.45. The van der Waals surface area contributed by atoms with Gasteiger partial charge in [-0.3, -0.25) is 4.79 Å². The number of carbonyl (C=O) groups is 1. The van der Waals surface area contributed by atoms with Crippen molar-refractivity contribution in [2.45, 2.75) is 25.3 Å². The maximum Gasteiger partial charge on any atom is 0.243 e. The predicted molar refractivity (Wildman–Crippen MR) is 81.0 cm³/mol. The van der Waals surface area contributed by atoms with Crippen LogP contribution in [0.4, 0.5) is 9.52 Å². The third-order valence-corrected chi connectivity index (χ3v) is 4.36. The number of anilines is 1. The summed E-state index contributed by atoms with van der Waals surface area (Å²) in [5.41, 5.74) is 1.02. The summed E-state index contributed by atoms with van der Waals surface area (Å²) < 4.78 is 12.9. The van der Waals surface area contributed by atoms with Gasteiger partial charge in [0.1, 0.15) is 5.82 Å². The Morgan fingerprint density at radius 1 is 1.43 bits per heavy atom. The average molecular weight is 305 g/mol. The van der Waals surface area contributed by atoms with Crippen LogP contribution < -0.4 is 10.6 Å². The maximum atomic E-state index is 12.9. The summed E-state index contributed by atoms with van der Waals surface area (Å²) in [5.74, 6) is -0.254. The topological polar surface area (TPSA) is 54.0 Å². The number of benzene rings is 1. The number of nitrogens with zero attached hydrogens (tertiary/aromatic N) is 1. The van der Waals surface area contributed by atoms with Crippen molar-refractivity contribution in [3.05, 3.63) is 46.7 Å². The second kappa shape index (κ2) is 6.32. The fourth-order valence-corrected chi connectivity index (χ4v) is 3.20. The molecule has 1 aliphatic rings. The summed E-state index contributed by atoms with van der Waals surface area (Å²) in [6.45, 7) is 0.895. The monoisotopic (exact) mass is 305 g/mol. The number of thiazole rings is 1. The lowest BCUT2D eigenvalue weighted by Crippen LogP contribution is -2.35. The Morgan fingerprint density at radius 2 is 2.24 bits per heavy atom. The molecule has 1 saturated heterocycles. The molecule has 21 heavy (non-hydrogen) atoms. The first-order valence-electron chi connectivity index (χ1n) is 6.94. The zero-order chi connectivity index (χ0) is 14.7. The molecule has 4 nitrogen and oxygen atoms in total. The Hall–Kier alpha value is -1.79. The number of rotatable bonds is 4. The summed E-state index contributed by atoms with van der Waals surface area (Å²) in [7, 11) is 0. The van der Waals surface area contributed by atoms with Crippen molar-refractivity contribution >= 4 is 22.4 Å². The van der Waals surface area contributed by atoms with E-state index in [2.05, 4.69) is 15.6 Å². The number of halogens is 1. The summed E-state index contributed by atoms with van der Waals surface area (Å²) in [6.07, 6.45) is 4.35. The van der Waals surface area contributed by atoms with Crippen LogP contribution >= 0.6 is 11.3 Å². The predicted octanol–water partition coefficient (Wildman–Crippen LogP) is 2.56. The third kappa shape index (κ3) is 3.65. The minimum absolute atomic E-state index is 0.0183. The van der Waals surface area contributed by atoms with Crippen LogP contribution in [-0.2, 0) is 11.2 Å². The lowest BCUT2D eigenvalue weighted by molar-refractivity contribution is -0.117. The van der Waals surface area contributed by atoms with Gasteiger partial charge in [0.05, 0.1) is 6.04 Å². The van der Waals surface area contributed by atoms with E-state index in [1.165, 1.54) is 23.5 Å². The van der Waals surface area contributed by atoms with E-state index in [4.69, 9.17) is 0 Å². The number of nitrogens with one attached hydrogen (secondary N) is 2. The Bertz CT molecular complexity index is 620. The highest BCUT2D eigenvalue weighted by Crippen LogP contribution is 2.22. The normalized spacial score (nSPS) is 17.9. The Balaban J connectivity index is 1.60. The summed E-state index contributed by atoms with van der Waals surface area (Å²) in [4.78, 5) is 17.2. The van der Waals surface area contributed by atoms with Crippen LogP contribution in [0.2, 0.25) is 0 Å². The molecule has 2 N–H and O–H groups in total. The Kier molecular flexibility index (Phi) is 4.26. The van der Waals surface area contributed by atoms with Crippen LogP contribution in [0.25, 0.3) is 0 Å². The molecule has 110 valence electrons. The Labute approximate surface area is 126 Å². The molecule has 0 aliphatic carbocycles. The van der Waals surface area contributed by atoms with E-state index in [-0.39, 0.29) is 17.8 Å². The van der Waals surface area contributed by atoms with Crippen molar-refractivity contribution < 1.29 is 9.18 Å². The first kappa shape index (κ1) is 14.2.